The third-order valence-corrected chi connectivity index (χ3v) is 10.8. The Balaban J connectivity index is 1.09. The molecule has 264 valence electrons. The molecule has 0 unspecified atom stereocenters. The normalized spacial score (nSPS) is 21.5. The lowest BCUT2D eigenvalue weighted by Crippen LogP contribution is -2.53. The van der Waals surface area contributed by atoms with E-state index in [0.717, 1.165) is 55.5 Å². The van der Waals surface area contributed by atoms with Crippen molar-refractivity contribution < 1.29 is 33.8 Å². The van der Waals surface area contributed by atoms with E-state index in [2.05, 4.69) is 10.2 Å². The number of aromatic hydroxyl groups is 1. The lowest BCUT2D eigenvalue weighted by Gasteiger charge is -2.40. The van der Waals surface area contributed by atoms with Crippen molar-refractivity contribution in [2.24, 2.45) is 0 Å². The van der Waals surface area contributed by atoms with Gasteiger partial charge in [0.05, 0.1) is 7.11 Å². The number of hydrogen-bond donors (Lipinski definition) is 2. The van der Waals surface area contributed by atoms with E-state index in [0.29, 0.717) is 56.7 Å². The number of amides is 4. The second-order valence-corrected chi connectivity index (χ2v) is 13.9. The predicted molar refractivity (Wildman–Crippen MR) is 183 cm³/mol. The number of phenols is 1. The van der Waals surface area contributed by atoms with Crippen LogP contribution in [0.25, 0.3) is 0 Å². The monoisotopic (exact) mass is 675 g/mol. The maximum atomic E-state index is 14.1. The first-order chi connectivity index (χ1) is 23.6. The van der Waals surface area contributed by atoms with Crippen LogP contribution in [-0.4, -0.2) is 119 Å². The highest BCUT2D eigenvalue weighted by Crippen LogP contribution is 2.29. The number of rotatable bonds is 7. The SMILES string of the molecule is COC(=O)[C@@H]1CCCN1C1CCN(C(=O)[C@@H](Cc2cc(C)c(O)c(C)c2)OC(=O)N2CCC(N3CCc4ccccc4NC3=O)CC2)CC1. The molecule has 12 heteroatoms. The van der Waals surface area contributed by atoms with Crippen LogP contribution in [0.4, 0.5) is 15.3 Å². The molecule has 4 amide bonds. The van der Waals surface area contributed by atoms with Crippen LogP contribution in [0.1, 0.15) is 60.8 Å². The third-order valence-electron chi connectivity index (χ3n) is 10.8. The molecule has 12 nitrogen and oxygen atoms in total. The van der Waals surface area contributed by atoms with Crippen LogP contribution in [-0.2, 0) is 31.9 Å². The summed E-state index contributed by atoms with van der Waals surface area (Å²) in [7, 11) is 1.42. The molecule has 2 aromatic carbocycles. The van der Waals surface area contributed by atoms with Gasteiger partial charge in [0, 0.05) is 56.9 Å². The molecule has 6 rings (SSSR count). The number of nitrogens with one attached hydrogen (secondary N) is 1. The molecule has 0 radical (unpaired) electrons. The van der Waals surface area contributed by atoms with Gasteiger partial charge in [-0.15, -0.1) is 0 Å². The van der Waals surface area contributed by atoms with Gasteiger partial charge in [0.15, 0.2) is 6.10 Å². The lowest BCUT2D eigenvalue weighted by atomic mass is 9.98. The number of phenolic OH excluding ortho intramolecular Hbond substituents is 1. The van der Waals surface area contributed by atoms with Gasteiger partial charge in [-0.1, -0.05) is 30.3 Å². The minimum Gasteiger partial charge on any atom is -0.507 e. The summed E-state index contributed by atoms with van der Waals surface area (Å²) in [5.74, 6) is -0.230. The van der Waals surface area contributed by atoms with Gasteiger partial charge in [0.2, 0.25) is 0 Å². The Morgan fingerprint density at radius 3 is 2.24 bits per heavy atom. The summed E-state index contributed by atoms with van der Waals surface area (Å²) < 4.78 is 11.1. The summed E-state index contributed by atoms with van der Waals surface area (Å²) in [6, 6.07) is 11.3. The van der Waals surface area contributed by atoms with Crippen molar-refractivity contribution in [1.29, 1.82) is 0 Å². The van der Waals surface area contributed by atoms with Crippen LogP contribution >= 0.6 is 0 Å². The number of anilines is 1. The van der Waals surface area contributed by atoms with Gasteiger partial charge < -0.3 is 34.6 Å². The zero-order valence-corrected chi connectivity index (χ0v) is 28.9. The number of fused-ring (bicyclic) bond motifs is 1. The first kappa shape index (κ1) is 34.5. The van der Waals surface area contributed by atoms with Gasteiger partial charge in [0.25, 0.3) is 5.91 Å². The van der Waals surface area contributed by atoms with Crippen molar-refractivity contribution in [3.05, 3.63) is 58.7 Å². The number of carbonyl (C=O) groups excluding carboxylic acids is 4. The largest absolute Gasteiger partial charge is 0.507 e. The minimum atomic E-state index is -1.03. The Labute approximate surface area is 288 Å². The number of benzene rings is 2. The highest BCUT2D eigenvalue weighted by Gasteiger charge is 2.40. The number of hydrogen-bond acceptors (Lipinski definition) is 8. The fourth-order valence-electron chi connectivity index (χ4n) is 8.09. The second-order valence-electron chi connectivity index (χ2n) is 13.9. The fraction of sp³-hybridized carbons (Fsp3) is 0.568. The Morgan fingerprint density at radius 1 is 0.898 bits per heavy atom. The molecule has 4 aliphatic heterocycles. The summed E-state index contributed by atoms with van der Waals surface area (Å²) in [5, 5.41) is 13.4. The molecule has 0 aliphatic carbocycles. The van der Waals surface area contributed by atoms with Gasteiger partial charge in [-0.3, -0.25) is 14.5 Å². The molecule has 0 saturated carbocycles. The molecule has 3 saturated heterocycles. The molecule has 4 aliphatic rings. The molecular formula is C37H49N5O7. The van der Waals surface area contributed by atoms with E-state index in [9.17, 15) is 24.3 Å². The van der Waals surface area contributed by atoms with Gasteiger partial charge >= 0.3 is 18.1 Å². The number of urea groups is 1. The summed E-state index contributed by atoms with van der Waals surface area (Å²) in [6.07, 6.45) is 3.78. The Bertz CT molecular complexity index is 1530. The van der Waals surface area contributed by atoms with Gasteiger partial charge in [-0.25, -0.2) is 9.59 Å². The molecule has 2 atom stereocenters. The zero-order chi connectivity index (χ0) is 34.7. The Morgan fingerprint density at radius 2 is 1.55 bits per heavy atom. The van der Waals surface area contributed by atoms with E-state index in [4.69, 9.17) is 9.47 Å². The molecule has 0 bridgehead atoms. The molecule has 49 heavy (non-hydrogen) atoms. The number of methoxy groups -OCH3 is 1. The van der Waals surface area contributed by atoms with Gasteiger partial charge in [-0.05, 0) is 93.7 Å². The van der Waals surface area contributed by atoms with Crippen molar-refractivity contribution in [2.45, 2.75) is 89.4 Å². The summed E-state index contributed by atoms with van der Waals surface area (Å²) in [4.78, 5) is 60.7. The van der Waals surface area contributed by atoms with Crippen molar-refractivity contribution in [3.63, 3.8) is 0 Å². The van der Waals surface area contributed by atoms with Crippen LogP contribution in [0, 0.1) is 13.8 Å². The molecule has 2 aromatic rings. The predicted octanol–water partition coefficient (Wildman–Crippen LogP) is 4.24. The van der Waals surface area contributed by atoms with Crippen LogP contribution in [0.2, 0.25) is 0 Å². The summed E-state index contributed by atoms with van der Waals surface area (Å²) in [5.41, 5.74) is 4.15. The number of esters is 1. The molecule has 0 spiro atoms. The van der Waals surface area contributed by atoms with Crippen LogP contribution in [0.15, 0.2) is 36.4 Å². The van der Waals surface area contributed by atoms with Crippen LogP contribution in [0.3, 0.4) is 0 Å². The van der Waals surface area contributed by atoms with Crippen LogP contribution < -0.4 is 5.32 Å². The number of likely N-dealkylation sites (tertiary alicyclic amines) is 3. The van der Waals surface area contributed by atoms with E-state index in [1.165, 1.54) is 7.11 Å². The fourth-order valence-corrected chi connectivity index (χ4v) is 8.09. The number of nitrogens with zero attached hydrogens (tertiary/aromatic N) is 4. The number of aryl methyl sites for hydroxylation is 2. The van der Waals surface area contributed by atoms with Crippen molar-refractivity contribution >= 4 is 29.7 Å². The van der Waals surface area contributed by atoms with Gasteiger partial charge in [-0.2, -0.15) is 0 Å². The highest BCUT2D eigenvalue weighted by atomic mass is 16.6. The minimum absolute atomic E-state index is 0.00517. The molecule has 2 N–H and O–H groups in total. The topological polar surface area (TPSA) is 132 Å². The Hall–Kier alpha value is -4.32. The Kier molecular flexibility index (Phi) is 10.6. The van der Waals surface area contributed by atoms with Crippen molar-refractivity contribution in [3.8, 4) is 5.75 Å². The van der Waals surface area contributed by atoms with E-state index >= 15 is 0 Å². The number of carbonyl (C=O) groups is 4. The second kappa shape index (κ2) is 15.1. The summed E-state index contributed by atoms with van der Waals surface area (Å²) >= 11 is 0. The van der Waals surface area contributed by atoms with Gasteiger partial charge in [0.1, 0.15) is 11.8 Å². The molecular weight excluding hydrogens is 626 g/mol. The first-order valence-electron chi connectivity index (χ1n) is 17.7. The quantitative estimate of drug-likeness (QED) is 0.417. The zero-order valence-electron chi connectivity index (χ0n) is 28.9. The average molecular weight is 676 g/mol. The standard InChI is InChI=1S/C37H49N5O7/c1-24-21-26(22-25(2)33(24)43)23-32(34(44)39-16-11-28(12-17-39)41-15-6-9-31(41)35(45)48-3)49-37(47)40-18-13-29(14-19-40)42-20-10-27-7-4-5-8-30(27)38-36(42)46/h4-5,7-8,21-22,28-29,31-32,43H,6,9-20,23H2,1-3H3,(H,38,46)/t31-,32+/m0/s1. The highest BCUT2D eigenvalue weighted by molar-refractivity contribution is 5.91. The van der Waals surface area contributed by atoms with Crippen molar-refractivity contribution in [2.75, 3.05) is 51.7 Å². The maximum absolute atomic E-state index is 14.1. The van der Waals surface area contributed by atoms with Crippen molar-refractivity contribution in [1.82, 2.24) is 19.6 Å². The van der Waals surface area contributed by atoms with Crippen LogP contribution in [0.5, 0.6) is 5.75 Å². The number of piperidine rings is 2. The average Bonchev–Trinajstić information content (AvgIpc) is 3.54. The van der Waals surface area contributed by atoms with E-state index in [1.807, 2.05) is 55.1 Å². The lowest BCUT2D eigenvalue weighted by molar-refractivity contribution is -0.148. The van der Waals surface area contributed by atoms with E-state index < -0.39 is 12.2 Å². The first-order valence-corrected chi connectivity index (χ1v) is 17.7. The maximum Gasteiger partial charge on any atom is 0.410 e. The van der Waals surface area contributed by atoms with E-state index in [-0.39, 0.29) is 48.2 Å². The number of ether oxygens (including phenoxy) is 2. The third kappa shape index (κ3) is 7.64. The molecule has 3 fully saturated rings. The smallest absolute Gasteiger partial charge is 0.410 e. The van der Waals surface area contributed by atoms with E-state index in [1.54, 1.807) is 9.80 Å². The summed E-state index contributed by atoms with van der Waals surface area (Å²) in [6.45, 7) is 6.91. The number of para-hydroxylation sites is 1. The molecule has 4 heterocycles. The molecule has 0 aromatic heterocycles.